The summed E-state index contributed by atoms with van der Waals surface area (Å²) in [6, 6.07) is 15.7. The second kappa shape index (κ2) is 5.93. The zero-order valence-electron chi connectivity index (χ0n) is 13.2. The number of methoxy groups -OCH3 is 1. The molecule has 0 fully saturated rings. The molecule has 0 aliphatic heterocycles. The standard InChI is InChI=1S/C18H16N4O/c1-12-8-9-14(10-13(12)2)22-18(16(11-19)20-21-22)15-6-4-5-7-17(15)23-3/h4-10H,1-3H3. The Labute approximate surface area is 134 Å². The van der Waals surface area contributed by atoms with E-state index < -0.39 is 0 Å². The van der Waals surface area contributed by atoms with Crippen LogP contribution in [0.15, 0.2) is 42.5 Å². The van der Waals surface area contributed by atoms with Crippen molar-refractivity contribution in [2.45, 2.75) is 13.8 Å². The summed E-state index contributed by atoms with van der Waals surface area (Å²) in [6.07, 6.45) is 0. The average Bonchev–Trinajstić information content (AvgIpc) is 3.01. The van der Waals surface area contributed by atoms with Gasteiger partial charge in [0.2, 0.25) is 0 Å². The first-order valence-corrected chi connectivity index (χ1v) is 7.22. The highest BCUT2D eigenvalue weighted by Gasteiger charge is 2.19. The van der Waals surface area contributed by atoms with Gasteiger partial charge in [-0.3, -0.25) is 0 Å². The van der Waals surface area contributed by atoms with Crippen molar-refractivity contribution in [1.29, 1.82) is 5.26 Å². The molecule has 0 atom stereocenters. The van der Waals surface area contributed by atoms with Crippen LogP contribution in [0.4, 0.5) is 0 Å². The average molecular weight is 304 g/mol. The number of aryl methyl sites for hydroxylation is 2. The van der Waals surface area contributed by atoms with E-state index in [1.165, 1.54) is 5.56 Å². The van der Waals surface area contributed by atoms with Gasteiger partial charge in [0.15, 0.2) is 5.69 Å². The minimum absolute atomic E-state index is 0.271. The Hall–Kier alpha value is -3.13. The summed E-state index contributed by atoms with van der Waals surface area (Å²) in [4.78, 5) is 0. The van der Waals surface area contributed by atoms with E-state index in [1.54, 1.807) is 11.8 Å². The summed E-state index contributed by atoms with van der Waals surface area (Å²) in [6.45, 7) is 4.10. The number of nitrogens with zero attached hydrogens (tertiary/aromatic N) is 4. The van der Waals surface area contributed by atoms with E-state index in [2.05, 4.69) is 23.3 Å². The van der Waals surface area contributed by atoms with Crippen molar-refractivity contribution >= 4 is 0 Å². The van der Waals surface area contributed by atoms with Gasteiger partial charge in [-0.25, -0.2) is 4.68 Å². The van der Waals surface area contributed by atoms with E-state index in [1.807, 2.05) is 49.4 Å². The van der Waals surface area contributed by atoms with E-state index in [0.717, 1.165) is 16.8 Å². The van der Waals surface area contributed by atoms with Gasteiger partial charge in [-0.15, -0.1) is 5.10 Å². The summed E-state index contributed by atoms with van der Waals surface area (Å²) in [5.41, 5.74) is 4.91. The van der Waals surface area contributed by atoms with Crippen molar-refractivity contribution in [2.75, 3.05) is 7.11 Å². The third kappa shape index (κ3) is 2.55. The molecule has 1 aromatic heterocycles. The highest BCUT2D eigenvalue weighted by Crippen LogP contribution is 2.32. The van der Waals surface area contributed by atoms with Gasteiger partial charge < -0.3 is 4.74 Å². The molecule has 114 valence electrons. The van der Waals surface area contributed by atoms with Gasteiger partial charge in [0, 0.05) is 5.56 Å². The summed E-state index contributed by atoms with van der Waals surface area (Å²) in [5, 5.41) is 17.6. The lowest BCUT2D eigenvalue weighted by Gasteiger charge is -2.11. The first-order chi connectivity index (χ1) is 11.2. The topological polar surface area (TPSA) is 63.7 Å². The van der Waals surface area contributed by atoms with Crippen LogP contribution in [0.25, 0.3) is 16.9 Å². The minimum Gasteiger partial charge on any atom is -0.496 e. The summed E-state index contributed by atoms with van der Waals surface area (Å²) in [5.74, 6) is 0.677. The van der Waals surface area contributed by atoms with Crippen LogP contribution in [0.3, 0.4) is 0 Å². The number of hydrogen-bond acceptors (Lipinski definition) is 4. The molecule has 5 nitrogen and oxygen atoms in total. The normalized spacial score (nSPS) is 10.3. The first kappa shape index (κ1) is 14.8. The molecule has 0 radical (unpaired) electrons. The Balaban J connectivity index is 2.26. The molecule has 0 amide bonds. The quantitative estimate of drug-likeness (QED) is 0.743. The van der Waals surface area contributed by atoms with Crippen LogP contribution in [-0.2, 0) is 0 Å². The van der Waals surface area contributed by atoms with Crippen molar-refractivity contribution < 1.29 is 4.74 Å². The molecule has 23 heavy (non-hydrogen) atoms. The lowest BCUT2D eigenvalue weighted by Crippen LogP contribution is -2.02. The molecule has 0 aliphatic rings. The molecule has 0 aliphatic carbocycles. The van der Waals surface area contributed by atoms with Crippen LogP contribution >= 0.6 is 0 Å². The summed E-state index contributed by atoms with van der Waals surface area (Å²) in [7, 11) is 1.61. The fourth-order valence-corrected chi connectivity index (χ4v) is 2.48. The summed E-state index contributed by atoms with van der Waals surface area (Å²) < 4.78 is 7.11. The van der Waals surface area contributed by atoms with Gasteiger partial charge in [0.05, 0.1) is 12.8 Å². The minimum atomic E-state index is 0.271. The van der Waals surface area contributed by atoms with Gasteiger partial charge in [-0.2, -0.15) is 5.26 Å². The van der Waals surface area contributed by atoms with Crippen LogP contribution in [0.1, 0.15) is 16.8 Å². The van der Waals surface area contributed by atoms with Gasteiger partial charge in [-0.1, -0.05) is 23.4 Å². The highest BCUT2D eigenvalue weighted by molar-refractivity contribution is 5.72. The maximum atomic E-state index is 9.40. The van der Waals surface area contributed by atoms with Crippen molar-refractivity contribution in [3.8, 4) is 28.8 Å². The van der Waals surface area contributed by atoms with Crippen molar-refractivity contribution in [3.05, 3.63) is 59.3 Å². The molecule has 0 unspecified atom stereocenters. The molecule has 0 saturated heterocycles. The fraction of sp³-hybridized carbons (Fsp3) is 0.167. The number of hydrogen-bond donors (Lipinski definition) is 0. The Morgan fingerprint density at radius 1 is 1.09 bits per heavy atom. The largest absolute Gasteiger partial charge is 0.496 e. The first-order valence-electron chi connectivity index (χ1n) is 7.22. The Morgan fingerprint density at radius 2 is 1.87 bits per heavy atom. The molecule has 3 aromatic rings. The van der Waals surface area contributed by atoms with E-state index in [0.29, 0.717) is 11.4 Å². The van der Waals surface area contributed by atoms with E-state index in [-0.39, 0.29) is 5.69 Å². The molecule has 5 heteroatoms. The van der Waals surface area contributed by atoms with Crippen LogP contribution in [-0.4, -0.2) is 22.1 Å². The van der Waals surface area contributed by atoms with Crippen molar-refractivity contribution in [2.24, 2.45) is 0 Å². The second-order valence-electron chi connectivity index (χ2n) is 5.28. The molecule has 0 spiro atoms. The van der Waals surface area contributed by atoms with E-state index in [9.17, 15) is 5.26 Å². The number of para-hydroxylation sites is 1. The van der Waals surface area contributed by atoms with Crippen molar-refractivity contribution in [1.82, 2.24) is 15.0 Å². The third-order valence-corrected chi connectivity index (χ3v) is 3.87. The highest BCUT2D eigenvalue weighted by atomic mass is 16.5. The van der Waals surface area contributed by atoms with Crippen LogP contribution in [0.5, 0.6) is 5.75 Å². The van der Waals surface area contributed by atoms with Gasteiger partial charge in [0.1, 0.15) is 17.5 Å². The Bertz CT molecular complexity index is 906. The van der Waals surface area contributed by atoms with E-state index >= 15 is 0 Å². The smallest absolute Gasteiger partial charge is 0.191 e. The van der Waals surface area contributed by atoms with E-state index in [4.69, 9.17) is 4.74 Å². The number of aromatic nitrogens is 3. The SMILES string of the molecule is COc1ccccc1-c1c(C#N)nnn1-c1ccc(C)c(C)c1. The molecule has 2 aromatic carbocycles. The molecule has 0 N–H and O–H groups in total. The Morgan fingerprint density at radius 3 is 2.57 bits per heavy atom. The van der Waals surface area contributed by atoms with Crippen LogP contribution < -0.4 is 4.74 Å². The fourth-order valence-electron chi connectivity index (χ4n) is 2.48. The predicted octanol–water partition coefficient (Wildman–Crippen LogP) is 3.43. The maximum absolute atomic E-state index is 9.40. The number of rotatable bonds is 3. The molecule has 0 bridgehead atoms. The van der Waals surface area contributed by atoms with Crippen LogP contribution in [0.2, 0.25) is 0 Å². The Kier molecular flexibility index (Phi) is 3.82. The maximum Gasteiger partial charge on any atom is 0.191 e. The molecule has 1 heterocycles. The number of benzene rings is 2. The number of ether oxygens (including phenoxy) is 1. The molecular weight excluding hydrogens is 288 g/mol. The molecular formula is C18H16N4O. The lowest BCUT2D eigenvalue weighted by atomic mass is 10.1. The van der Waals surface area contributed by atoms with Gasteiger partial charge in [-0.05, 0) is 49.2 Å². The lowest BCUT2D eigenvalue weighted by molar-refractivity contribution is 0.416. The molecule has 3 rings (SSSR count). The van der Waals surface area contributed by atoms with Gasteiger partial charge >= 0.3 is 0 Å². The van der Waals surface area contributed by atoms with Gasteiger partial charge in [0.25, 0.3) is 0 Å². The summed E-state index contributed by atoms with van der Waals surface area (Å²) >= 11 is 0. The monoisotopic (exact) mass is 304 g/mol. The van der Waals surface area contributed by atoms with Crippen molar-refractivity contribution in [3.63, 3.8) is 0 Å². The predicted molar refractivity (Wildman–Crippen MR) is 87.5 cm³/mol. The molecule has 0 saturated carbocycles. The zero-order valence-corrected chi connectivity index (χ0v) is 13.2. The number of nitriles is 1. The second-order valence-corrected chi connectivity index (χ2v) is 5.28. The van der Waals surface area contributed by atoms with Crippen LogP contribution in [0, 0.1) is 25.2 Å². The zero-order chi connectivity index (χ0) is 16.4. The third-order valence-electron chi connectivity index (χ3n) is 3.87.